The lowest BCUT2D eigenvalue weighted by Crippen LogP contribution is -1.99. The smallest absolute Gasteiger partial charge is 0.258 e. The molecular weight excluding hydrogens is 409 g/mol. The maximum absolute atomic E-state index is 10.6. The first-order chi connectivity index (χ1) is 9.49. The monoisotopic (exact) mass is 417 g/mol. The van der Waals surface area contributed by atoms with Gasteiger partial charge < -0.3 is 0 Å². The molecule has 0 amide bonds. The predicted octanol–water partition coefficient (Wildman–Crippen LogP) is 5.82. The molecule has 2 unspecified atom stereocenters. The lowest BCUT2D eigenvalue weighted by Gasteiger charge is -2.17. The number of benzene rings is 2. The highest BCUT2D eigenvalue weighted by atomic mass is 79.9. The molecule has 3 nitrogen and oxygen atoms in total. The Morgan fingerprint density at radius 2 is 1.30 bits per heavy atom. The van der Waals surface area contributed by atoms with Crippen LogP contribution in [-0.4, -0.2) is 4.92 Å². The van der Waals surface area contributed by atoms with Crippen LogP contribution in [-0.2, 0) is 0 Å². The van der Waals surface area contributed by atoms with Gasteiger partial charge in [0.05, 0.1) is 14.6 Å². The second-order valence-electron chi connectivity index (χ2n) is 4.20. The van der Waals surface area contributed by atoms with Crippen LogP contribution in [0.3, 0.4) is 0 Å². The number of hydrogen-bond donors (Lipinski definition) is 0. The molecule has 0 N–H and O–H groups in total. The zero-order valence-electron chi connectivity index (χ0n) is 10.2. The zero-order valence-corrected chi connectivity index (χ0v) is 14.1. The average Bonchev–Trinajstić information content (AvgIpc) is 2.46. The molecule has 0 radical (unpaired) electrons. The molecule has 2 atom stereocenters. The SMILES string of the molecule is O=[N+]([O-])c1ccc(C(Br)C(Br)c2ccc(Cl)cc2)cc1. The highest BCUT2D eigenvalue weighted by Gasteiger charge is 2.20. The third-order valence-electron chi connectivity index (χ3n) is 2.87. The maximum Gasteiger partial charge on any atom is 0.269 e. The summed E-state index contributed by atoms with van der Waals surface area (Å²) in [5, 5.41) is 11.3. The van der Waals surface area contributed by atoms with Crippen LogP contribution in [0.1, 0.15) is 20.8 Å². The number of nitrogens with zero attached hydrogens (tertiary/aromatic N) is 1. The molecule has 6 heteroatoms. The Labute approximate surface area is 138 Å². The summed E-state index contributed by atoms with van der Waals surface area (Å²) in [5.41, 5.74) is 2.13. The number of alkyl halides is 2. The van der Waals surface area contributed by atoms with Crippen molar-refractivity contribution >= 4 is 49.1 Å². The van der Waals surface area contributed by atoms with Crippen LogP contribution in [0.2, 0.25) is 5.02 Å². The molecule has 2 aromatic rings. The molecular formula is C14H10Br2ClNO2. The van der Waals surface area contributed by atoms with Crippen molar-refractivity contribution in [2.45, 2.75) is 9.65 Å². The van der Waals surface area contributed by atoms with Crippen LogP contribution in [0.4, 0.5) is 5.69 Å². The highest BCUT2D eigenvalue weighted by Crippen LogP contribution is 2.42. The van der Waals surface area contributed by atoms with Crippen molar-refractivity contribution in [3.05, 3.63) is 74.8 Å². The molecule has 0 spiro atoms. The van der Waals surface area contributed by atoms with E-state index in [-0.39, 0.29) is 15.3 Å². The van der Waals surface area contributed by atoms with Gasteiger partial charge in [0.2, 0.25) is 0 Å². The third-order valence-corrected chi connectivity index (χ3v) is 5.94. The molecule has 20 heavy (non-hydrogen) atoms. The molecule has 0 saturated heterocycles. The zero-order chi connectivity index (χ0) is 14.7. The van der Waals surface area contributed by atoms with E-state index in [0.29, 0.717) is 5.02 Å². The summed E-state index contributed by atoms with van der Waals surface area (Å²) in [6.45, 7) is 0. The predicted molar refractivity (Wildman–Crippen MR) is 87.9 cm³/mol. The largest absolute Gasteiger partial charge is 0.269 e. The van der Waals surface area contributed by atoms with Gasteiger partial charge in [-0.05, 0) is 23.3 Å². The first-order valence-corrected chi connectivity index (χ1v) is 7.98. The Balaban J connectivity index is 2.19. The Bertz CT molecular complexity index is 602. The van der Waals surface area contributed by atoms with Crippen molar-refractivity contribution < 1.29 is 4.92 Å². The van der Waals surface area contributed by atoms with E-state index in [1.807, 2.05) is 24.3 Å². The molecule has 0 aliphatic carbocycles. The fourth-order valence-corrected chi connectivity index (χ4v) is 3.11. The normalized spacial score (nSPS) is 13.8. The number of non-ortho nitro benzene ring substituents is 1. The number of halogens is 3. The van der Waals surface area contributed by atoms with Crippen LogP contribution >= 0.6 is 43.5 Å². The summed E-state index contributed by atoms with van der Waals surface area (Å²) in [6.07, 6.45) is 0. The number of nitro groups is 1. The van der Waals surface area contributed by atoms with Crippen molar-refractivity contribution in [2.24, 2.45) is 0 Å². The van der Waals surface area contributed by atoms with Gasteiger partial charge in [-0.3, -0.25) is 10.1 Å². The average molecular weight is 420 g/mol. The van der Waals surface area contributed by atoms with Crippen LogP contribution in [0.15, 0.2) is 48.5 Å². The van der Waals surface area contributed by atoms with Crippen LogP contribution in [0.25, 0.3) is 0 Å². The number of hydrogen-bond acceptors (Lipinski definition) is 2. The molecule has 0 saturated carbocycles. The summed E-state index contributed by atoms with van der Waals surface area (Å²) >= 11 is 13.1. The van der Waals surface area contributed by atoms with Gasteiger partial charge in [-0.25, -0.2) is 0 Å². The number of rotatable bonds is 4. The van der Waals surface area contributed by atoms with Crippen molar-refractivity contribution in [1.82, 2.24) is 0 Å². The summed E-state index contributed by atoms with van der Waals surface area (Å²) in [6, 6.07) is 14.1. The molecule has 104 valence electrons. The molecule has 0 aromatic heterocycles. The van der Waals surface area contributed by atoms with Crippen molar-refractivity contribution in [3.8, 4) is 0 Å². The van der Waals surface area contributed by atoms with Crippen molar-refractivity contribution in [1.29, 1.82) is 0 Å². The second-order valence-corrected chi connectivity index (χ2v) is 6.61. The second kappa shape index (κ2) is 6.70. The fraction of sp³-hybridized carbons (Fsp3) is 0.143. The van der Waals surface area contributed by atoms with E-state index in [1.54, 1.807) is 12.1 Å². The van der Waals surface area contributed by atoms with Crippen molar-refractivity contribution in [2.75, 3.05) is 0 Å². The third kappa shape index (κ3) is 3.59. The Morgan fingerprint density at radius 3 is 1.70 bits per heavy atom. The fourth-order valence-electron chi connectivity index (χ4n) is 1.76. The van der Waals surface area contributed by atoms with Crippen LogP contribution in [0.5, 0.6) is 0 Å². The minimum Gasteiger partial charge on any atom is -0.258 e. The topological polar surface area (TPSA) is 43.1 Å². The lowest BCUT2D eigenvalue weighted by molar-refractivity contribution is -0.384. The lowest BCUT2D eigenvalue weighted by atomic mass is 10.0. The minimum absolute atomic E-state index is 0.00415. The molecule has 0 heterocycles. The van der Waals surface area contributed by atoms with Crippen LogP contribution in [0, 0.1) is 10.1 Å². The number of nitro benzene ring substituents is 1. The molecule has 2 rings (SSSR count). The van der Waals surface area contributed by atoms with Crippen molar-refractivity contribution in [3.63, 3.8) is 0 Å². The van der Waals surface area contributed by atoms with E-state index in [2.05, 4.69) is 31.9 Å². The summed E-state index contributed by atoms with van der Waals surface area (Å²) in [7, 11) is 0. The minimum atomic E-state index is -0.405. The molecule has 0 bridgehead atoms. The van der Waals surface area contributed by atoms with E-state index in [9.17, 15) is 10.1 Å². The Kier molecular flexibility index (Phi) is 5.18. The first-order valence-electron chi connectivity index (χ1n) is 5.77. The van der Waals surface area contributed by atoms with Gasteiger partial charge in [-0.15, -0.1) is 0 Å². The molecule has 0 aliphatic rings. The summed E-state index contributed by atoms with van der Waals surface area (Å²) in [4.78, 5) is 10.3. The Morgan fingerprint density at radius 1 is 0.900 bits per heavy atom. The summed E-state index contributed by atoms with van der Waals surface area (Å²) in [5.74, 6) is 0. The maximum atomic E-state index is 10.6. The van der Waals surface area contributed by atoms with Gasteiger partial charge in [0.1, 0.15) is 0 Å². The quantitative estimate of drug-likeness (QED) is 0.356. The van der Waals surface area contributed by atoms with Gasteiger partial charge >= 0.3 is 0 Å². The van der Waals surface area contributed by atoms with E-state index in [4.69, 9.17) is 11.6 Å². The summed E-state index contributed by atoms with van der Waals surface area (Å²) < 4.78 is 0. The van der Waals surface area contributed by atoms with E-state index < -0.39 is 4.92 Å². The van der Waals surface area contributed by atoms with Gasteiger partial charge in [0, 0.05) is 17.2 Å². The van der Waals surface area contributed by atoms with Gasteiger partial charge in [0.25, 0.3) is 5.69 Å². The standard InChI is InChI=1S/C14H10Br2ClNO2/c15-13(9-1-5-11(17)6-2-9)14(16)10-3-7-12(8-4-10)18(19)20/h1-8,13-14H. The first kappa shape index (κ1) is 15.5. The van der Waals surface area contributed by atoms with E-state index >= 15 is 0 Å². The van der Waals surface area contributed by atoms with Gasteiger partial charge in [-0.2, -0.15) is 0 Å². The van der Waals surface area contributed by atoms with E-state index in [0.717, 1.165) is 11.1 Å². The van der Waals surface area contributed by atoms with Gasteiger partial charge in [-0.1, -0.05) is 67.7 Å². The molecule has 0 aliphatic heterocycles. The highest BCUT2D eigenvalue weighted by molar-refractivity contribution is 9.12. The van der Waals surface area contributed by atoms with Crippen LogP contribution < -0.4 is 0 Å². The molecule has 2 aromatic carbocycles. The Hall–Kier alpha value is -0.910. The van der Waals surface area contributed by atoms with E-state index in [1.165, 1.54) is 12.1 Å². The van der Waals surface area contributed by atoms with Gasteiger partial charge in [0.15, 0.2) is 0 Å². The molecule has 0 fully saturated rings.